The molecule has 0 aliphatic carbocycles. The molecule has 0 aliphatic rings. The van der Waals surface area contributed by atoms with E-state index in [2.05, 4.69) is 45.4 Å². The molecule has 1 amide bonds. The molecule has 0 spiro atoms. The fraction of sp³-hybridized carbons (Fsp3) is 0.429. The summed E-state index contributed by atoms with van der Waals surface area (Å²) >= 11 is 1.76. The lowest BCUT2D eigenvalue weighted by Gasteiger charge is -2.16. The molecule has 0 saturated carbocycles. The van der Waals surface area contributed by atoms with Crippen molar-refractivity contribution in [1.29, 1.82) is 0 Å². The first-order chi connectivity index (χ1) is 14.1. The number of amides is 1. The zero-order valence-corrected chi connectivity index (χ0v) is 21.0. The van der Waals surface area contributed by atoms with E-state index in [1.54, 1.807) is 25.5 Å². The quantitative estimate of drug-likeness (QED) is 0.242. The fourth-order valence-corrected chi connectivity index (χ4v) is 3.45. The molecule has 166 valence electrons. The van der Waals surface area contributed by atoms with Gasteiger partial charge in [-0.3, -0.25) is 9.79 Å². The van der Waals surface area contributed by atoms with Crippen LogP contribution in [0.1, 0.15) is 30.2 Å². The number of hydrogen-bond donors (Lipinski definition) is 3. The van der Waals surface area contributed by atoms with Crippen molar-refractivity contribution in [3.63, 3.8) is 0 Å². The number of guanidine groups is 1. The lowest BCUT2D eigenvalue weighted by molar-refractivity contribution is -0.123. The number of ether oxygens (including phenoxy) is 2. The average Bonchev–Trinajstić information content (AvgIpc) is 3.27. The number of halogens is 1. The summed E-state index contributed by atoms with van der Waals surface area (Å²) in [4.78, 5) is 17.2. The Morgan fingerprint density at radius 2 is 2.00 bits per heavy atom. The Hall–Kier alpha value is -2.01. The molecule has 30 heavy (non-hydrogen) atoms. The molecule has 7 nitrogen and oxygen atoms in total. The van der Waals surface area contributed by atoms with Crippen LogP contribution in [0.3, 0.4) is 0 Å². The van der Waals surface area contributed by atoms with E-state index >= 15 is 0 Å². The summed E-state index contributed by atoms with van der Waals surface area (Å²) in [6.07, 6.45) is 0. The monoisotopic (exact) mass is 546 g/mol. The van der Waals surface area contributed by atoms with Crippen LogP contribution in [0.5, 0.6) is 11.5 Å². The van der Waals surface area contributed by atoms with Crippen molar-refractivity contribution < 1.29 is 14.3 Å². The second-order valence-electron chi connectivity index (χ2n) is 6.45. The summed E-state index contributed by atoms with van der Waals surface area (Å²) in [5.74, 6) is 2.11. The van der Waals surface area contributed by atoms with Gasteiger partial charge in [0.05, 0.1) is 7.11 Å². The van der Waals surface area contributed by atoms with Gasteiger partial charge >= 0.3 is 0 Å². The van der Waals surface area contributed by atoms with E-state index in [9.17, 15) is 4.79 Å². The minimum Gasteiger partial charge on any atom is -0.493 e. The Labute approximate surface area is 199 Å². The number of aliphatic imine (C=N–C) groups is 1. The van der Waals surface area contributed by atoms with Gasteiger partial charge in [-0.1, -0.05) is 19.1 Å². The average molecular weight is 546 g/mol. The highest BCUT2D eigenvalue weighted by atomic mass is 127. The molecular formula is C21H31IN4O3S. The molecule has 1 atom stereocenters. The Balaban J connectivity index is 0.00000450. The highest BCUT2D eigenvalue weighted by molar-refractivity contribution is 14.0. The van der Waals surface area contributed by atoms with E-state index in [1.807, 2.05) is 25.1 Å². The van der Waals surface area contributed by atoms with Crippen molar-refractivity contribution in [2.24, 2.45) is 4.99 Å². The van der Waals surface area contributed by atoms with Crippen LogP contribution in [-0.2, 0) is 11.3 Å². The number of carbonyl (C=O) groups is 1. The summed E-state index contributed by atoms with van der Waals surface area (Å²) in [5.41, 5.74) is 1.02. The third-order valence-corrected chi connectivity index (χ3v) is 5.35. The van der Waals surface area contributed by atoms with E-state index in [0.717, 1.165) is 18.1 Å². The molecule has 1 heterocycles. The Kier molecular flexibility index (Phi) is 12.2. The van der Waals surface area contributed by atoms with Crippen LogP contribution >= 0.6 is 35.3 Å². The van der Waals surface area contributed by atoms with Crippen LogP contribution in [0.2, 0.25) is 0 Å². The van der Waals surface area contributed by atoms with E-state index in [0.29, 0.717) is 30.5 Å². The minimum absolute atomic E-state index is 0. The van der Waals surface area contributed by atoms with Gasteiger partial charge in [0, 0.05) is 37.5 Å². The Bertz CT molecular complexity index is 800. The van der Waals surface area contributed by atoms with Crippen molar-refractivity contribution in [3.05, 3.63) is 46.2 Å². The molecule has 0 radical (unpaired) electrons. The lowest BCUT2D eigenvalue weighted by Crippen LogP contribution is -2.38. The topological polar surface area (TPSA) is 84.0 Å². The van der Waals surface area contributed by atoms with Gasteiger partial charge in [-0.05, 0) is 36.1 Å². The maximum atomic E-state index is 11.6. The zero-order chi connectivity index (χ0) is 21.1. The van der Waals surface area contributed by atoms with Crippen LogP contribution in [0.15, 0.2) is 40.7 Å². The van der Waals surface area contributed by atoms with Gasteiger partial charge in [0.25, 0.3) is 5.91 Å². The maximum absolute atomic E-state index is 11.6. The number of thiophene rings is 1. The molecule has 0 saturated heterocycles. The largest absolute Gasteiger partial charge is 0.493 e. The van der Waals surface area contributed by atoms with Crippen LogP contribution in [0.4, 0.5) is 0 Å². The number of carbonyl (C=O) groups excluding carboxylic acids is 1. The number of likely N-dealkylation sites (N-methyl/N-ethyl adjacent to an activating group) is 1. The first kappa shape index (κ1) is 26.0. The summed E-state index contributed by atoms with van der Waals surface area (Å²) in [7, 11) is 3.34. The molecule has 9 heteroatoms. The van der Waals surface area contributed by atoms with Gasteiger partial charge in [-0.15, -0.1) is 35.3 Å². The standard InChI is InChI=1S/C21H30N4O3S.HI/c1-5-23-20(26)14-28-17-9-8-16(11-18(17)27-4)13-25-21(22-3)24-12-15(2)19-7-6-10-29-19;/h6-11,15H,5,12-14H2,1-4H3,(H,23,26)(H2,22,24,25);1H. The number of methoxy groups -OCH3 is 1. The Morgan fingerprint density at radius 3 is 2.63 bits per heavy atom. The van der Waals surface area contributed by atoms with Gasteiger partial charge in [0.2, 0.25) is 0 Å². The molecular weight excluding hydrogens is 515 g/mol. The number of hydrogen-bond acceptors (Lipinski definition) is 5. The normalized spacial score (nSPS) is 11.8. The van der Waals surface area contributed by atoms with Crippen molar-refractivity contribution in [2.75, 3.05) is 33.9 Å². The maximum Gasteiger partial charge on any atom is 0.257 e. The molecule has 3 N–H and O–H groups in total. The molecule has 2 aromatic rings. The third-order valence-electron chi connectivity index (χ3n) is 4.25. The van der Waals surface area contributed by atoms with E-state index in [4.69, 9.17) is 9.47 Å². The highest BCUT2D eigenvalue weighted by Gasteiger charge is 2.10. The van der Waals surface area contributed by atoms with Gasteiger partial charge in [-0.2, -0.15) is 0 Å². The SMILES string of the molecule is CCNC(=O)COc1ccc(CNC(=NC)NCC(C)c2cccs2)cc1OC.I. The van der Waals surface area contributed by atoms with Gasteiger partial charge < -0.3 is 25.4 Å². The van der Waals surface area contributed by atoms with E-state index < -0.39 is 0 Å². The summed E-state index contributed by atoms with van der Waals surface area (Å²) in [5, 5.41) is 11.5. The molecule has 0 aliphatic heterocycles. The van der Waals surface area contributed by atoms with Gasteiger partial charge in [-0.25, -0.2) is 0 Å². The lowest BCUT2D eigenvalue weighted by atomic mass is 10.1. The highest BCUT2D eigenvalue weighted by Crippen LogP contribution is 2.28. The van der Waals surface area contributed by atoms with Crippen molar-refractivity contribution in [3.8, 4) is 11.5 Å². The number of rotatable bonds is 10. The fourth-order valence-electron chi connectivity index (χ4n) is 2.66. The first-order valence-electron chi connectivity index (χ1n) is 9.61. The van der Waals surface area contributed by atoms with Gasteiger partial charge in [0.15, 0.2) is 24.1 Å². The first-order valence-corrected chi connectivity index (χ1v) is 10.5. The van der Waals surface area contributed by atoms with E-state index in [1.165, 1.54) is 4.88 Å². The predicted molar refractivity (Wildman–Crippen MR) is 134 cm³/mol. The van der Waals surface area contributed by atoms with Crippen LogP contribution in [0, 0.1) is 0 Å². The van der Waals surface area contributed by atoms with Crippen LogP contribution in [-0.4, -0.2) is 45.7 Å². The summed E-state index contributed by atoms with van der Waals surface area (Å²) in [6.45, 7) is 5.98. The van der Waals surface area contributed by atoms with Crippen LogP contribution < -0.4 is 25.4 Å². The second-order valence-corrected chi connectivity index (χ2v) is 7.43. The van der Waals surface area contributed by atoms with Crippen molar-refractivity contribution in [1.82, 2.24) is 16.0 Å². The molecule has 0 bridgehead atoms. The molecule has 1 aromatic carbocycles. The third kappa shape index (κ3) is 8.39. The molecule has 1 unspecified atom stereocenters. The minimum atomic E-state index is -0.160. The Morgan fingerprint density at radius 1 is 1.20 bits per heavy atom. The van der Waals surface area contributed by atoms with Crippen LogP contribution in [0.25, 0.3) is 0 Å². The molecule has 2 rings (SSSR count). The molecule has 0 fully saturated rings. The number of benzene rings is 1. The zero-order valence-electron chi connectivity index (χ0n) is 17.9. The van der Waals surface area contributed by atoms with E-state index in [-0.39, 0.29) is 36.5 Å². The van der Waals surface area contributed by atoms with Crippen molar-refractivity contribution in [2.45, 2.75) is 26.3 Å². The van der Waals surface area contributed by atoms with Crippen molar-refractivity contribution >= 4 is 47.2 Å². The van der Waals surface area contributed by atoms with Gasteiger partial charge in [0.1, 0.15) is 0 Å². The summed E-state index contributed by atoms with van der Waals surface area (Å²) < 4.78 is 11.0. The second kappa shape index (κ2) is 14.1. The summed E-state index contributed by atoms with van der Waals surface area (Å²) in [6, 6.07) is 9.85. The predicted octanol–water partition coefficient (Wildman–Crippen LogP) is 3.36. The smallest absolute Gasteiger partial charge is 0.257 e. The molecule has 1 aromatic heterocycles. The number of nitrogens with zero attached hydrogens (tertiary/aromatic N) is 1. The number of nitrogens with one attached hydrogen (secondary N) is 3.